The van der Waals surface area contributed by atoms with E-state index in [0.717, 1.165) is 41.8 Å². The minimum absolute atomic E-state index is 0.257. The van der Waals surface area contributed by atoms with Crippen molar-refractivity contribution in [1.82, 2.24) is 4.98 Å². The van der Waals surface area contributed by atoms with Crippen molar-refractivity contribution in [2.24, 2.45) is 17.4 Å². The summed E-state index contributed by atoms with van der Waals surface area (Å²) in [7, 11) is 0. The molecule has 35 heavy (non-hydrogen) atoms. The number of aromatic nitrogens is 1. The van der Waals surface area contributed by atoms with Gasteiger partial charge in [-0.3, -0.25) is 4.79 Å². The van der Waals surface area contributed by atoms with Crippen molar-refractivity contribution in [1.29, 1.82) is 0 Å². The van der Waals surface area contributed by atoms with E-state index in [1.807, 2.05) is 54.6 Å². The predicted octanol–water partition coefficient (Wildman–Crippen LogP) is 5.19. The molecule has 1 aromatic heterocycles. The highest BCUT2D eigenvalue weighted by molar-refractivity contribution is 5.99. The number of carbonyl (C=O) groups is 1. The van der Waals surface area contributed by atoms with Gasteiger partial charge in [0.15, 0.2) is 0 Å². The highest BCUT2D eigenvalue weighted by atomic mass is 16.1. The van der Waals surface area contributed by atoms with Crippen LogP contribution in [0.15, 0.2) is 91.2 Å². The van der Waals surface area contributed by atoms with Crippen molar-refractivity contribution >= 4 is 17.4 Å². The van der Waals surface area contributed by atoms with Crippen molar-refractivity contribution in [2.75, 3.05) is 10.6 Å². The number of benzene rings is 2. The van der Waals surface area contributed by atoms with E-state index in [-0.39, 0.29) is 5.91 Å². The molecular weight excluding hydrogens is 434 g/mol. The van der Waals surface area contributed by atoms with Gasteiger partial charge in [-0.05, 0) is 72.7 Å². The van der Waals surface area contributed by atoms with Gasteiger partial charge in [-0.25, -0.2) is 4.98 Å². The third-order valence-electron chi connectivity index (χ3n) is 6.26. The van der Waals surface area contributed by atoms with E-state index in [9.17, 15) is 4.79 Å². The average Bonchev–Trinajstić information content (AvgIpc) is 3.40. The molecule has 1 aliphatic rings. The van der Waals surface area contributed by atoms with Gasteiger partial charge in [0.05, 0.1) is 11.9 Å². The summed E-state index contributed by atoms with van der Waals surface area (Å²) in [5, 5.41) is 6.13. The molecule has 6 nitrogen and oxygen atoms in total. The summed E-state index contributed by atoms with van der Waals surface area (Å²) in [6, 6.07) is 22.0. The first kappa shape index (κ1) is 24.2. The van der Waals surface area contributed by atoms with Crippen LogP contribution in [-0.4, -0.2) is 17.1 Å². The maximum absolute atomic E-state index is 11.8. The standard InChI is InChI=1S/C29H33N5O/c1-2-29(35)32-24-14-8-13-23(18-24)26-16-21(15-20-9-4-3-5-10-20)17-28(33-26)34-27(31)19-25(30)22-11-6-7-12-22/h2-5,8-10,13-14,16-19,22,27H,1,6-7,11-12,15,30-31H2,(H,32,35)(H,33,34)/b25-19-. The Kier molecular flexibility index (Phi) is 7.95. The number of hydrogen-bond acceptors (Lipinski definition) is 5. The van der Waals surface area contributed by atoms with Crippen molar-refractivity contribution < 1.29 is 4.79 Å². The Labute approximate surface area is 207 Å². The molecule has 1 aliphatic carbocycles. The monoisotopic (exact) mass is 467 g/mol. The fraction of sp³-hybridized carbons (Fsp3) is 0.241. The lowest BCUT2D eigenvalue weighted by atomic mass is 10.0. The zero-order valence-electron chi connectivity index (χ0n) is 19.9. The zero-order valence-corrected chi connectivity index (χ0v) is 19.9. The molecule has 6 N–H and O–H groups in total. The molecule has 0 radical (unpaired) electrons. The smallest absolute Gasteiger partial charge is 0.247 e. The Bertz CT molecular complexity index is 1200. The van der Waals surface area contributed by atoms with Crippen LogP contribution in [0, 0.1) is 5.92 Å². The Hall–Kier alpha value is -3.90. The summed E-state index contributed by atoms with van der Waals surface area (Å²) in [5.41, 5.74) is 18.2. The molecular formula is C29H33N5O. The third kappa shape index (κ3) is 6.80. The summed E-state index contributed by atoms with van der Waals surface area (Å²) >= 11 is 0. The molecule has 1 amide bonds. The lowest BCUT2D eigenvalue weighted by Gasteiger charge is -2.17. The first-order valence-electron chi connectivity index (χ1n) is 12.1. The number of hydrogen-bond donors (Lipinski definition) is 4. The quantitative estimate of drug-likeness (QED) is 0.256. The van der Waals surface area contributed by atoms with Crippen LogP contribution in [-0.2, 0) is 11.2 Å². The van der Waals surface area contributed by atoms with E-state index in [4.69, 9.17) is 16.5 Å². The molecule has 1 atom stereocenters. The molecule has 6 heteroatoms. The van der Waals surface area contributed by atoms with Crippen LogP contribution >= 0.6 is 0 Å². The Morgan fingerprint density at radius 1 is 1.06 bits per heavy atom. The highest BCUT2D eigenvalue weighted by Crippen LogP contribution is 2.29. The van der Waals surface area contributed by atoms with Gasteiger partial charge in [0.25, 0.3) is 0 Å². The van der Waals surface area contributed by atoms with Crippen LogP contribution < -0.4 is 22.1 Å². The normalized spacial score (nSPS) is 14.9. The van der Waals surface area contributed by atoms with Gasteiger partial charge in [0.1, 0.15) is 5.82 Å². The zero-order chi connectivity index (χ0) is 24.6. The number of allylic oxidation sites excluding steroid dienone is 1. The van der Waals surface area contributed by atoms with Gasteiger partial charge in [0, 0.05) is 16.9 Å². The molecule has 1 unspecified atom stereocenters. The number of amides is 1. The summed E-state index contributed by atoms with van der Waals surface area (Å²) in [5.74, 6) is 0.842. The van der Waals surface area contributed by atoms with E-state index in [1.54, 1.807) is 0 Å². The van der Waals surface area contributed by atoms with Crippen LogP contribution in [0.4, 0.5) is 11.5 Å². The number of carbonyl (C=O) groups excluding carboxylic acids is 1. The summed E-state index contributed by atoms with van der Waals surface area (Å²) in [6.07, 6.45) is 8.17. The molecule has 1 heterocycles. The molecule has 0 bridgehead atoms. The minimum Gasteiger partial charge on any atom is -0.402 e. The van der Waals surface area contributed by atoms with Gasteiger partial charge in [-0.1, -0.05) is 61.9 Å². The fourth-order valence-corrected chi connectivity index (χ4v) is 4.51. The molecule has 0 saturated heterocycles. The van der Waals surface area contributed by atoms with Gasteiger partial charge in [-0.2, -0.15) is 0 Å². The number of nitrogens with two attached hydrogens (primary N) is 2. The average molecular weight is 468 g/mol. The van der Waals surface area contributed by atoms with Crippen LogP contribution in [0.3, 0.4) is 0 Å². The van der Waals surface area contributed by atoms with Crippen LogP contribution in [0.5, 0.6) is 0 Å². The Morgan fingerprint density at radius 2 is 1.83 bits per heavy atom. The molecule has 3 aromatic rings. The second-order valence-corrected chi connectivity index (χ2v) is 9.00. The molecule has 180 valence electrons. The summed E-state index contributed by atoms with van der Waals surface area (Å²) < 4.78 is 0. The predicted molar refractivity (Wildman–Crippen MR) is 144 cm³/mol. The number of anilines is 2. The molecule has 4 rings (SSSR count). The molecule has 0 spiro atoms. The minimum atomic E-state index is -0.443. The highest BCUT2D eigenvalue weighted by Gasteiger charge is 2.18. The van der Waals surface area contributed by atoms with E-state index >= 15 is 0 Å². The van der Waals surface area contributed by atoms with Crippen LogP contribution in [0.2, 0.25) is 0 Å². The largest absolute Gasteiger partial charge is 0.402 e. The Morgan fingerprint density at radius 3 is 2.57 bits per heavy atom. The second kappa shape index (κ2) is 11.5. The van der Waals surface area contributed by atoms with Gasteiger partial charge in [-0.15, -0.1) is 0 Å². The SMILES string of the molecule is C=CC(=O)Nc1cccc(-c2cc(Cc3ccccc3)cc(NC(N)/C=C(\N)C3CCCC3)n2)c1. The fourth-order valence-electron chi connectivity index (χ4n) is 4.51. The lowest BCUT2D eigenvalue weighted by molar-refractivity contribution is -0.111. The number of nitrogens with one attached hydrogen (secondary N) is 2. The number of pyridine rings is 1. The van der Waals surface area contributed by atoms with E-state index in [0.29, 0.717) is 17.4 Å². The van der Waals surface area contributed by atoms with Crippen LogP contribution in [0.1, 0.15) is 36.8 Å². The second-order valence-electron chi connectivity index (χ2n) is 9.00. The third-order valence-corrected chi connectivity index (χ3v) is 6.26. The molecule has 2 aromatic carbocycles. The first-order valence-corrected chi connectivity index (χ1v) is 12.1. The van der Waals surface area contributed by atoms with Crippen molar-refractivity contribution in [3.63, 3.8) is 0 Å². The maximum Gasteiger partial charge on any atom is 0.247 e. The van der Waals surface area contributed by atoms with Gasteiger partial charge in [0.2, 0.25) is 5.91 Å². The summed E-state index contributed by atoms with van der Waals surface area (Å²) in [4.78, 5) is 16.6. The Balaban J connectivity index is 1.63. The van der Waals surface area contributed by atoms with Crippen molar-refractivity contribution in [2.45, 2.75) is 38.3 Å². The summed E-state index contributed by atoms with van der Waals surface area (Å²) in [6.45, 7) is 3.52. The van der Waals surface area contributed by atoms with Gasteiger partial charge < -0.3 is 22.1 Å². The topological polar surface area (TPSA) is 106 Å². The molecule has 1 saturated carbocycles. The van der Waals surface area contributed by atoms with Gasteiger partial charge >= 0.3 is 0 Å². The maximum atomic E-state index is 11.8. The van der Waals surface area contributed by atoms with E-state index < -0.39 is 6.17 Å². The number of rotatable bonds is 9. The molecule has 1 fully saturated rings. The van der Waals surface area contributed by atoms with E-state index in [2.05, 4.69) is 35.4 Å². The first-order chi connectivity index (χ1) is 17.0. The lowest BCUT2D eigenvalue weighted by Crippen LogP contribution is -2.29. The van der Waals surface area contributed by atoms with E-state index in [1.165, 1.54) is 24.5 Å². The molecule has 0 aliphatic heterocycles. The number of nitrogens with zero attached hydrogens (tertiary/aromatic N) is 1. The van der Waals surface area contributed by atoms with Crippen LogP contribution in [0.25, 0.3) is 11.3 Å². The van der Waals surface area contributed by atoms with Crippen molar-refractivity contribution in [3.8, 4) is 11.3 Å². The van der Waals surface area contributed by atoms with Crippen molar-refractivity contribution in [3.05, 3.63) is 102 Å².